The van der Waals surface area contributed by atoms with Gasteiger partial charge in [0.05, 0.1) is 12.6 Å². The number of hydrogen-bond donors (Lipinski definition) is 0. The van der Waals surface area contributed by atoms with Gasteiger partial charge in [0.1, 0.15) is 5.76 Å². The maximum absolute atomic E-state index is 12.1. The number of rotatable bonds is 9. The first kappa shape index (κ1) is 20.4. The van der Waals surface area contributed by atoms with Crippen LogP contribution in [0.2, 0.25) is 0 Å². The van der Waals surface area contributed by atoms with Gasteiger partial charge in [-0.1, -0.05) is 27.2 Å². The zero-order chi connectivity index (χ0) is 18.8. The van der Waals surface area contributed by atoms with Crippen LogP contribution in [0.1, 0.15) is 45.8 Å². The molecule has 7 heteroatoms. The molecule has 2 unspecified atom stereocenters. The van der Waals surface area contributed by atoms with Gasteiger partial charge in [0.25, 0.3) is 10.0 Å². The Morgan fingerprint density at radius 3 is 2.52 bits per heavy atom. The van der Waals surface area contributed by atoms with Crippen LogP contribution in [0.25, 0.3) is 0 Å². The highest BCUT2D eigenvalue weighted by Crippen LogP contribution is 2.45. The number of unbranched alkanes of at least 4 members (excludes halogenated alkanes) is 1. The SMILES string of the molecule is CCCCOC1CC(N(C)Cc2ccc(S(=O)(=O)N(C)C)o2)C1(C)C. The lowest BCUT2D eigenvalue weighted by molar-refractivity contribution is -0.150. The van der Waals surface area contributed by atoms with Crippen molar-refractivity contribution in [2.75, 3.05) is 27.7 Å². The fraction of sp³-hybridized carbons (Fsp3) is 0.778. The maximum Gasteiger partial charge on any atom is 0.275 e. The Morgan fingerprint density at radius 1 is 1.28 bits per heavy atom. The van der Waals surface area contributed by atoms with Crippen molar-refractivity contribution in [1.82, 2.24) is 9.21 Å². The highest BCUT2D eigenvalue weighted by atomic mass is 32.2. The van der Waals surface area contributed by atoms with Crippen molar-refractivity contribution >= 4 is 10.0 Å². The van der Waals surface area contributed by atoms with Gasteiger partial charge in [0, 0.05) is 32.2 Å². The third-order valence-electron chi connectivity index (χ3n) is 5.25. The second-order valence-electron chi connectivity index (χ2n) is 7.71. The molecule has 0 spiro atoms. The summed E-state index contributed by atoms with van der Waals surface area (Å²) in [6.45, 7) is 8.04. The molecule has 1 saturated carbocycles. The Morgan fingerprint density at radius 2 is 1.96 bits per heavy atom. The van der Waals surface area contributed by atoms with Crippen LogP contribution in [0, 0.1) is 5.41 Å². The van der Waals surface area contributed by atoms with Crippen LogP contribution in [0.3, 0.4) is 0 Å². The van der Waals surface area contributed by atoms with Crippen LogP contribution in [-0.4, -0.2) is 57.5 Å². The third kappa shape index (κ3) is 4.27. The molecule has 25 heavy (non-hydrogen) atoms. The molecule has 2 rings (SSSR count). The monoisotopic (exact) mass is 372 g/mol. The first-order valence-corrected chi connectivity index (χ1v) is 10.4. The van der Waals surface area contributed by atoms with Gasteiger partial charge in [-0.3, -0.25) is 4.90 Å². The molecule has 144 valence electrons. The largest absolute Gasteiger partial charge is 0.447 e. The predicted molar refractivity (Wildman–Crippen MR) is 97.9 cm³/mol. The molecular formula is C18H32N2O4S. The Labute approximate surface area is 152 Å². The Bertz CT molecular complexity index is 666. The highest BCUT2D eigenvalue weighted by molar-refractivity contribution is 7.88. The van der Waals surface area contributed by atoms with Crippen molar-refractivity contribution in [3.8, 4) is 0 Å². The summed E-state index contributed by atoms with van der Waals surface area (Å²) in [7, 11) is 1.53. The van der Waals surface area contributed by atoms with Gasteiger partial charge in [-0.05, 0) is 32.0 Å². The summed E-state index contributed by atoms with van der Waals surface area (Å²) in [4.78, 5) is 2.23. The van der Waals surface area contributed by atoms with Gasteiger partial charge in [-0.25, -0.2) is 12.7 Å². The molecule has 0 aliphatic heterocycles. The smallest absolute Gasteiger partial charge is 0.275 e. The molecular weight excluding hydrogens is 340 g/mol. The van der Waals surface area contributed by atoms with Crippen LogP contribution in [-0.2, 0) is 21.3 Å². The third-order valence-corrected chi connectivity index (χ3v) is 6.94. The summed E-state index contributed by atoms with van der Waals surface area (Å²) >= 11 is 0. The van der Waals surface area contributed by atoms with E-state index in [1.54, 1.807) is 6.07 Å². The normalized spacial score (nSPS) is 23.2. The summed E-state index contributed by atoms with van der Waals surface area (Å²) in [5, 5.41) is -0.00505. The van der Waals surface area contributed by atoms with Crippen LogP contribution in [0.15, 0.2) is 21.6 Å². The molecule has 2 atom stereocenters. The maximum atomic E-state index is 12.1. The highest BCUT2D eigenvalue weighted by Gasteiger charge is 2.50. The molecule has 0 saturated heterocycles. The predicted octanol–water partition coefficient (Wildman–Crippen LogP) is 2.95. The minimum absolute atomic E-state index is 0.00505. The summed E-state index contributed by atoms with van der Waals surface area (Å²) in [6, 6.07) is 3.66. The molecule has 0 bridgehead atoms. The summed E-state index contributed by atoms with van der Waals surface area (Å²) in [6.07, 6.45) is 3.53. The van der Waals surface area contributed by atoms with Gasteiger partial charge in [0.15, 0.2) is 0 Å². The summed E-state index contributed by atoms with van der Waals surface area (Å²) in [5.41, 5.74) is 0.0770. The fourth-order valence-electron chi connectivity index (χ4n) is 3.38. The number of sulfonamides is 1. The average Bonchev–Trinajstić information content (AvgIpc) is 2.98. The Hall–Kier alpha value is -0.890. The molecule has 0 radical (unpaired) electrons. The lowest BCUT2D eigenvalue weighted by Gasteiger charge is -2.55. The summed E-state index contributed by atoms with van der Waals surface area (Å²) in [5.74, 6) is 0.661. The van der Waals surface area contributed by atoms with Gasteiger partial charge < -0.3 is 9.15 Å². The standard InChI is InChI=1S/C18H32N2O4S/c1-7-8-11-23-16-12-15(18(16,2)3)20(6)13-14-9-10-17(24-14)25(21,22)19(4)5/h9-10,15-16H,7-8,11-13H2,1-6H3. The van der Waals surface area contributed by atoms with Crippen LogP contribution >= 0.6 is 0 Å². The van der Waals surface area contributed by atoms with Crippen molar-refractivity contribution in [1.29, 1.82) is 0 Å². The second kappa shape index (κ2) is 7.78. The van der Waals surface area contributed by atoms with Crippen LogP contribution < -0.4 is 0 Å². The molecule has 1 aromatic heterocycles. The van der Waals surface area contributed by atoms with Crippen molar-refractivity contribution in [2.24, 2.45) is 5.41 Å². The lowest BCUT2D eigenvalue weighted by atomic mass is 9.64. The average molecular weight is 373 g/mol. The molecule has 1 aliphatic rings. The van der Waals surface area contributed by atoms with Gasteiger partial charge in [-0.2, -0.15) is 0 Å². The van der Waals surface area contributed by atoms with E-state index in [1.165, 1.54) is 20.2 Å². The van der Waals surface area contributed by atoms with Crippen molar-refractivity contribution in [2.45, 2.75) is 63.8 Å². The van der Waals surface area contributed by atoms with E-state index in [9.17, 15) is 8.42 Å². The number of hydrogen-bond acceptors (Lipinski definition) is 5. The van der Waals surface area contributed by atoms with Crippen LogP contribution in [0.5, 0.6) is 0 Å². The van der Waals surface area contributed by atoms with Crippen molar-refractivity contribution in [3.63, 3.8) is 0 Å². The number of furan rings is 1. The number of nitrogens with zero attached hydrogens (tertiary/aromatic N) is 2. The zero-order valence-electron chi connectivity index (χ0n) is 16.3. The van der Waals surface area contributed by atoms with Crippen molar-refractivity contribution < 1.29 is 17.6 Å². The quantitative estimate of drug-likeness (QED) is 0.624. The second-order valence-corrected chi connectivity index (χ2v) is 9.79. The molecule has 1 aromatic rings. The fourth-order valence-corrected chi connectivity index (χ4v) is 4.20. The van der Waals surface area contributed by atoms with E-state index < -0.39 is 10.0 Å². The Kier molecular flexibility index (Phi) is 6.35. The zero-order valence-corrected chi connectivity index (χ0v) is 17.1. The van der Waals surface area contributed by atoms with E-state index in [0.717, 1.165) is 30.2 Å². The topological polar surface area (TPSA) is 63.0 Å². The molecule has 0 aromatic carbocycles. The van der Waals surface area contributed by atoms with Crippen molar-refractivity contribution in [3.05, 3.63) is 17.9 Å². The van der Waals surface area contributed by atoms with Crippen LogP contribution in [0.4, 0.5) is 0 Å². The number of ether oxygens (including phenoxy) is 1. The molecule has 1 heterocycles. The van der Waals surface area contributed by atoms with E-state index in [-0.39, 0.29) is 16.6 Å². The van der Waals surface area contributed by atoms with E-state index in [2.05, 4.69) is 32.7 Å². The first-order valence-electron chi connectivity index (χ1n) is 8.93. The minimum Gasteiger partial charge on any atom is -0.447 e. The Balaban J connectivity index is 1.95. The minimum atomic E-state index is -3.52. The van der Waals surface area contributed by atoms with Gasteiger partial charge >= 0.3 is 0 Å². The van der Waals surface area contributed by atoms with Gasteiger partial charge in [0.2, 0.25) is 5.09 Å². The van der Waals surface area contributed by atoms with E-state index >= 15 is 0 Å². The molecule has 1 fully saturated rings. The molecule has 1 aliphatic carbocycles. The van der Waals surface area contributed by atoms with Gasteiger partial charge in [-0.15, -0.1) is 0 Å². The molecule has 0 N–H and O–H groups in total. The van der Waals surface area contributed by atoms with E-state index in [4.69, 9.17) is 9.15 Å². The van der Waals surface area contributed by atoms with E-state index in [0.29, 0.717) is 18.3 Å². The molecule has 6 nitrogen and oxygen atoms in total. The molecule has 0 amide bonds. The summed E-state index contributed by atoms with van der Waals surface area (Å²) < 4.78 is 36.9. The first-order chi connectivity index (χ1) is 11.6. The lowest BCUT2D eigenvalue weighted by Crippen LogP contribution is -2.61. The van der Waals surface area contributed by atoms with E-state index in [1.807, 2.05) is 0 Å².